The fourth-order valence-electron chi connectivity index (χ4n) is 2.28. The van der Waals surface area contributed by atoms with Gasteiger partial charge in [0.2, 0.25) is 0 Å². The van der Waals surface area contributed by atoms with Gasteiger partial charge in [-0.25, -0.2) is 4.39 Å². The Balaban J connectivity index is 2.21. The van der Waals surface area contributed by atoms with Gasteiger partial charge in [0.1, 0.15) is 17.3 Å². The number of hydrogen-bond donors (Lipinski definition) is 2. The minimum atomic E-state index is -1.13. The Morgan fingerprint density at radius 2 is 1.96 bits per heavy atom. The molecule has 0 fully saturated rings. The fourth-order valence-corrected chi connectivity index (χ4v) is 2.28. The number of halogens is 1. The van der Waals surface area contributed by atoms with Gasteiger partial charge in [0.25, 0.3) is 5.91 Å². The first-order valence-electron chi connectivity index (χ1n) is 8.07. The summed E-state index contributed by atoms with van der Waals surface area (Å²) in [5, 5.41) is 11.3. The molecule has 2 N–H and O–H groups in total. The lowest BCUT2D eigenvalue weighted by Gasteiger charge is -2.13. The van der Waals surface area contributed by atoms with Gasteiger partial charge < -0.3 is 19.9 Å². The van der Waals surface area contributed by atoms with Gasteiger partial charge in [-0.3, -0.25) is 9.59 Å². The molecule has 0 heterocycles. The van der Waals surface area contributed by atoms with E-state index in [1.165, 1.54) is 19.2 Å². The van der Waals surface area contributed by atoms with Crippen molar-refractivity contribution in [2.45, 2.75) is 19.8 Å². The minimum absolute atomic E-state index is 0.0481. The second-order valence-electron chi connectivity index (χ2n) is 5.54. The van der Waals surface area contributed by atoms with Gasteiger partial charge in [-0.15, -0.1) is 0 Å². The molecule has 2 aromatic rings. The summed E-state index contributed by atoms with van der Waals surface area (Å²) in [6.07, 6.45) is 0.349. The number of carbonyl (C=O) groups excluding carboxylic acids is 1. The number of methoxy groups -OCH3 is 1. The number of carboxylic acids is 1. The van der Waals surface area contributed by atoms with Crippen molar-refractivity contribution in [1.82, 2.24) is 0 Å². The standard InChI is InChI=1S/C19H20FNO5/c1-3-8-26-17-11-14(25-2)6-7-15(17)19(24)21-13-5-4-12(9-18(22)23)16(20)10-13/h4-7,10-11H,3,8-9H2,1-2H3,(H,21,24)(H,22,23). The number of carbonyl (C=O) groups is 2. The van der Waals surface area contributed by atoms with E-state index < -0.39 is 24.1 Å². The number of benzene rings is 2. The summed E-state index contributed by atoms with van der Waals surface area (Å²) in [5.41, 5.74) is 0.556. The quantitative estimate of drug-likeness (QED) is 0.752. The molecular formula is C19H20FNO5. The van der Waals surface area contributed by atoms with Gasteiger partial charge in [-0.1, -0.05) is 13.0 Å². The second-order valence-corrected chi connectivity index (χ2v) is 5.54. The number of hydrogen-bond acceptors (Lipinski definition) is 4. The monoisotopic (exact) mass is 361 g/mol. The van der Waals surface area contributed by atoms with Crippen LogP contribution in [0.5, 0.6) is 11.5 Å². The highest BCUT2D eigenvalue weighted by Crippen LogP contribution is 2.26. The zero-order valence-corrected chi connectivity index (χ0v) is 14.5. The molecule has 2 aromatic carbocycles. The molecule has 6 nitrogen and oxygen atoms in total. The maximum atomic E-state index is 14.0. The summed E-state index contributed by atoms with van der Waals surface area (Å²) >= 11 is 0. The summed E-state index contributed by atoms with van der Waals surface area (Å²) in [6.45, 7) is 2.38. The average molecular weight is 361 g/mol. The summed E-state index contributed by atoms with van der Waals surface area (Å²) in [5.74, 6) is -1.37. The maximum Gasteiger partial charge on any atom is 0.307 e. The Labute approximate surface area is 150 Å². The first-order valence-corrected chi connectivity index (χ1v) is 8.07. The van der Waals surface area contributed by atoms with E-state index in [0.717, 1.165) is 12.5 Å². The van der Waals surface area contributed by atoms with Crippen LogP contribution in [0.4, 0.5) is 10.1 Å². The Morgan fingerprint density at radius 1 is 1.19 bits per heavy atom. The minimum Gasteiger partial charge on any atom is -0.497 e. The zero-order valence-electron chi connectivity index (χ0n) is 14.5. The Morgan fingerprint density at radius 3 is 2.58 bits per heavy atom. The van der Waals surface area contributed by atoms with E-state index in [1.807, 2.05) is 6.92 Å². The van der Waals surface area contributed by atoms with Gasteiger partial charge in [0, 0.05) is 11.8 Å². The van der Waals surface area contributed by atoms with Crippen molar-refractivity contribution in [2.75, 3.05) is 19.0 Å². The van der Waals surface area contributed by atoms with Crippen molar-refractivity contribution in [2.24, 2.45) is 0 Å². The summed E-state index contributed by atoms with van der Waals surface area (Å²) in [4.78, 5) is 23.2. The highest BCUT2D eigenvalue weighted by atomic mass is 19.1. The molecule has 0 aliphatic heterocycles. The first kappa shape index (κ1) is 19.2. The molecule has 0 aliphatic rings. The largest absolute Gasteiger partial charge is 0.497 e. The predicted octanol–water partition coefficient (Wildman–Crippen LogP) is 3.50. The zero-order chi connectivity index (χ0) is 19.1. The first-order chi connectivity index (χ1) is 12.4. The molecule has 0 spiro atoms. The fraction of sp³-hybridized carbons (Fsp3) is 0.263. The van der Waals surface area contributed by atoms with Crippen LogP contribution in [0.3, 0.4) is 0 Å². The van der Waals surface area contributed by atoms with Gasteiger partial charge in [0.15, 0.2) is 0 Å². The van der Waals surface area contributed by atoms with Crippen LogP contribution in [0, 0.1) is 5.82 Å². The Bertz CT molecular complexity index is 807. The van der Waals surface area contributed by atoms with Crippen LogP contribution < -0.4 is 14.8 Å². The molecule has 0 unspecified atom stereocenters. The molecule has 2 rings (SSSR count). The highest BCUT2D eigenvalue weighted by molar-refractivity contribution is 6.06. The second kappa shape index (κ2) is 8.84. The molecule has 0 aliphatic carbocycles. The van der Waals surface area contributed by atoms with Crippen LogP contribution in [0.15, 0.2) is 36.4 Å². The van der Waals surface area contributed by atoms with Crippen molar-refractivity contribution >= 4 is 17.6 Å². The molecule has 0 aromatic heterocycles. The van der Waals surface area contributed by atoms with E-state index >= 15 is 0 Å². The molecule has 7 heteroatoms. The van der Waals surface area contributed by atoms with Gasteiger partial charge >= 0.3 is 5.97 Å². The molecule has 0 radical (unpaired) electrons. The van der Waals surface area contributed by atoms with Crippen LogP contribution >= 0.6 is 0 Å². The van der Waals surface area contributed by atoms with Crippen LogP contribution in [0.2, 0.25) is 0 Å². The predicted molar refractivity (Wildman–Crippen MR) is 94.5 cm³/mol. The number of ether oxygens (including phenoxy) is 2. The molecule has 0 bridgehead atoms. The number of aliphatic carboxylic acids is 1. The average Bonchev–Trinajstić information content (AvgIpc) is 2.61. The Kier molecular flexibility index (Phi) is 6.54. The van der Waals surface area contributed by atoms with E-state index in [2.05, 4.69) is 5.32 Å². The number of rotatable bonds is 8. The third kappa shape index (κ3) is 4.95. The van der Waals surface area contributed by atoms with Crippen LogP contribution in [0.25, 0.3) is 0 Å². The number of anilines is 1. The summed E-state index contributed by atoms with van der Waals surface area (Å²) in [6, 6.07) is 8.68. The van der Waals surface area contributed by atoms with Gasteiger partial charge in [-0.2, -0.15) is 0 Å². The maximum absolute atomic E-state index is 14.0. The van der Waals surface area contributed by atoms with Crippen molar-refractivity contribution in [1.29, 1.82) is 0 Å². The third-order valence-electron chi connectivity index (χ3n) is 3.55. The topological polar surface area (TPSA) is 84.9 Å². The van der Waals surface area contributed by atoms with Crippen LogP contribution in [-0.2, 0) is 11.2 Å². The van der Waals surface area contributed by atoms with Crippen LogP contribution in [-0.4, -0.2) is 30.7 Å². The summed E-state index contributed by atoms with van der Waals surface area (Å²) < 4.78 is 24.7. The van der Waals surface area contributed by atoms with Crippen molar-refractivity contribution in [3.63, 3.8) is 0 Å². The van der Waals surface area contributed by atoms with Crippen molar-refractivity contribution in [3.8, 4) is 11.5 Å². The normalized spacial score (nSPS) is 10.3. The molecular weight excluding hydrogens is 341 g/mol. The van der Waals surface area contributed by atoms with E-state index in [9.17, 15) is 14.0 Å². The van der Waals surface area contributed by atoms with Gasteiger partial charge in [-0.05, 0) is 36.2 Å². The van der Waals surface area contributed by atoms with Crippen LogP contribution in [0.1, 0.15) is 29.3 Å². The van der Waals surface area contributed by atoms with Crippen molar-refractivity contribution < 1.29 is 28.6 Å². The SMILES string of the molecule is CCCOc1cc(OC)ccc1C(=O)Nc1ccc(CC(=O)O)c(F)c1. The lowest BCUT2D eigenvalue weighted by atomic mass is 10.1. The van der Waals surface area contributed by atoms with Crippen molar-refractivity contribution in [3.05, 3.63) is 53.3 Å². The summed E-state index contributed by atoms with van der Waals surface area (Å²) in [7, 11) is 1.51. The molecule has 0 atom stereocenters. The highest BCUT2D eigenvalue weighted by Gasteiger charge is 2.15. The Hall–Kier alpha value is -3.09. The van der Waals surface area contributed by atoms with Gasteiger partial charge in [0.05, 0.1) is 25.7 Å². The molecule has 138 valence electrons. The smallest absolute Gasteiger partial charge is 0.307 e. The molecule has 0 saturated carbocycles. The number of amides is 1. The van der Waals surface area contributed by atoms with E-state index in [0.29, 0.717) is 18.1 Å². The molecule has 0 saturated heterocycles. The molecule has 1 amide bonds. The van der Waals surface area contributed by atoms with E-state index in [1.54, 1.807) is 18.2 Å². The lowest BCUT2D eigenvalue weighted by Crippen LogP contribution is -2.14. The number of carboxylic acid groups (broad SMARTS) is 1. The third-order valence-corrected chi connectivity index (χ3v) is 3.55. The van der Waals surface area contributed by atoms with E-state index in [4.69, 9.17) is 14.6 Å². The lowest BCUT2D eigenvalue weighted by molar-refractivity contribution is -0.136. The number of nitrogens with one attached hydrogen (secondary N) is 1. The van der Waals surface area contributed by atoms with E-state index in [-0.39, 0.29) is 16.8 Å². The molecule has 26 heavy (non-hydrogen) atoms.